The largest absolute Gasteiger partial charge is 0.340 e. The number of carbonyl (C=O) groups excluding carboxylic acids is 1. The van der Waals surface area contributed by atoms with E-state index in [2.05, 4.69) is 26.7 Å². The van der Waals surface area contributed by atoms with Gasteiger partial charge in [-0.15, -0.1) is 0 Å². The highest BCUT2D eigenvalue weighted by molar-refractivity contribution is 6.04. The number of benzene rings is 3. The second kappa shape index (κ2) is 8.67. The van der Waals surface area contributed by atoms with Crippen LogP contribution in [0.15, 0.2) is 91.0 Å². The highest BCUT2D eigenvalue weighted by atomic mass is 16.1. The summed E-state index contributed by atoms with van der Waals surface area (Å²) in [4.78, 5) is 22.0. The summed E-state index contributed by atoms with van der Waals surface area (Å²) in [5.41, 5.74) is 2.64. The van der Waals surface area contributed by atoms with Crippen molar-refractivity contribution < 1.29 is 4.79 Å². The molecular weight excluding hydrogens is 374 g/mol. The first-order valence-corrected chi connectivity index (χ1v) is 9.30. The van der Waals surface area contributed by atoms with Crippen molar-refractivity contribution >= 4 is 23.1 Å². The fourth-order valence-corrected chi connectivity index (χ4v) is 2.89. The number of hydrogen-bond donors (Lipinski definition) is 2. The number of amides is 1. The maximum atomic E-state index is 12.9. The molecule has 1 aromatic heterocycles. The molecule has 0 aliphatic carbocycles. The van der Waals surface area contributed by atoms with Crippen LogP contribution in [0.4, 0.5) is 17.2 Å². The zero-order chi connectivity index (χ0) is 20.8. The first-order chi connectivity index (χ1) is 14.7. The van der Waals surface area contributed by atoms with Crippen molar-refractivity contribution in [1.29, 1.82) is 5.26 Å². The van der Waals surface area contributed by atoms with Crippen molar-refractivity contribution in [2.75, 3.05) is 10.6 Å². The molecular formula is C24H17N5O. The Morgan fingerprint density at radius 1 is 0.833 bits per heavy atom. The molecule has 6 heteroatoms. The lowest BCUT2D eigenvalue weighted by Crippen LogP contribution is -2.16. The molecule has 0 aliphatic heterocycles. The Labute approximate surface area is 173 Å². The van der Waals surface area contributed by atoms with Crippen LogP contribution in [0.3, 0.4) is 0 Å². The van der Waals surface area contributed by atoms with Crippen LogP contribution in [-0.4, -0.2) is 15.9 Å². The second-order valence-electron chi connectivity index (χ2n) is 6.43. The quantitative estimate of drug-likeness (QED) is 0.499. The monoisotopic (exact) mass is 391 g/mol. The zero-order valence-corrected chi connectivity index (χ0v) is 15.9. The van der Waals surface area contributed by atoms with Gasteiger partial charge >= 0.3 is 0 Å². The lowest BCUT2D eigenvalue weighted by Gasteiger charge is -2.11. The Bertz CT molecular complexity index is 1220. The molecule has 4 aromatic rings. The van der Waals surface area contributed by atoms with Gasteiger partial charge in [-0.1, -0.05) is 60.7 Å². The lowest BCUT2D eigenvalue weighted by molar-refractivity contribution is 0.102. The van der Waals surface area contributed by atoms with Gasteiger partial charge in [0.25, 0.3) is 5.91 Å². The maximum Gasteiger partial charge on any atom is 0.274 e. The van der Waals surface area contributed by atoms with E-state index in [9.17, 15) is 10.1 Å². The standard InChI is InChI=1S/C24H17N5O/c25-16-18-11-7-8-14-20(18)28-24(30)21-15-22(26-19-12-5-2-6-13-19)29-23(27-21)17-9-3-1-4-10-17/h1-15H,(H,28,30)(H,26,27,29). The SMILES string of the molecule is N#Cc1ccccc1NC(=O)c1cc(Nc2ccccc2)nc(-c2ccccc2)n1. The Morgan fingerprint density at radius 2 is 1.50 bits per heavy atom. The number of nitriles is 1. The molecule has 6 nitrogen and oxygen atoms in total. The normalized spacial score (nSPS) is 10.1. The predicted molar refractivity (Wildman–Crippen MR) is 116 cm³/mol. The molecule has 144 valence electrons. The van der Waals surface area contributed by atoms with Gasteiger partial charge in [0, 0.05) is 17.3 Å². The van der Waals surface area contributed by atoms with Gasteiger partial charge in [0.1, 0.15) is 17.6 Å². The lowest BCUT2D eigenvalue weighted by atomic mass is 10.2. The molecule has 2 N–H and O–H groups in total. The molecule has 0 atom stereocenters. The maximum absolute atomic E-state index is 12.9. The third kappa shape index (κ3) is 4.32. The van der Waals surface area contributed by atoms with Crippen LogP contribution >= 0.6 is 0 Å². The van der Waals surface area contributed by atoms with E-state index in [-0.39, 0.29) is 5.69 Å². The number of nitrogens with one attached hydrogen (secondary N) is 2. The number of para-hydroxylation sites is 2. The predicted octanol–water partition coefficient (Wildman–Crippen LogP) is 5.01. The summed E-state index contributed by atoms with van der Waals surface area (Å²) in [5.74, 6) is 0.498. The van der Waals surface area contributed by atoms with Gasteiger partial charge in [0.15, 0.2) is 5.82 Å². The van der Waals surface area contributed by atoms with Crippen molar-refractivity contribution in [3.05, 3.63) is 102 Å². The van der Waals surface area contributed by atoms with Crippen LogP contribution in [0.1, 0.15) is 16.1 Å². The van der Waals surface area contributed by atoms with Crippen LogP contribution in [0, 0.1) is 11.3 Å². The minimum atomic E-state index is -0.423. The molecule has 0 saturated heterocycles. The van der Waals surface area contributed by atoms with Crippen molar-refractivity contribution in [3.63, 3.8) is 0 Å². The van der Waals surface area contributed by atoms with E-state index in [1.165, 1.54) is 0 Å². The number of rotatable bonds is 5. The number of nitrogens with zero attached hydrogens (tertiary/aromatic N) is 3. The Balaban J connectivity index is 1.71. The summed E-state index contributed by atoms with van der Waals surface area (Å²) in [5, 5.41) is 15.2. The number of anilines is 3. The molecule has 0 bridgehead atoms. The molecule has 0 radical (unpaired) electrons. The van der Waals surface area contributed by atoms with E-state index in [0.29, 0.717) is 22.9 Å². The summed E-state index contributed by atoms with van der Waals surface area (Å²) in [6, 6.07) is 29.5. The Kier molecular flexibility index (Phi) is 5.45. The van der Waals surface area contributed by atoms with Crippen molar-refractivity contribution in [2.24, 2.45) is 0 Å². The van der Waals surface area contributed by atoms with Gasteiger partial charge in [0.05, 0.1) is 11.3 Å². The van der Waals surface area contributed by atoms with Crippen molar-refractivity contribution in [1.82, 2.24) is 9.97 Å². The topological polar surface area (TPSA) is 90.7 Å². The average molecular weight is 391 g/mol. The van der Waals surface area contributed by atoms with Crippen molar-refractivity contribution in [3.8, 4) is 17.5 Å². The minimum Gasteiger partial charge on any atom is -0.340 e. The van der Waals surface area contributed by atoms with Gasteiger partial charge in [-0.05, 0) is 24.3 Å². The second-order valence-corrected chi connectivity index (χ2v) is 6.43. The van der Waals surface area contributed by atoms with Crippen LogP contribution in [-0.2, 0) is 0 Å². The van der Waals surface area contributed by atoms with Gasteiger partial charge < -0.3 is 10.6 Å². The summed E-state index contributed by atoms with van der Waals surface area (Å²) in [7, 11) is 0. The highest BCUT2D eigenvalue weighted by Crippen LogP contribution is 2.22. The van der Waals surface area contributed by atoms with Crippen LogP contribution in [0.2, 0.25) is 0 Å². The summed E-state index contributed by atoms with van der Waals surface area (Å²) in [6.45, 7) is 0. The fourth-order valence-electron chi connectivity index (χ4n) is 2.89. The molecule has 0 fully saturated rings. The molecule has 0 unspecified atom stereocenters. The summed E-state index contributed by atoms with van der Waals surface area (Å²) < 4.78 is 0. The van der Waals surface area contributed by atoms with E-state index in [0.717, 1.165) is 11.3 Å². The zero-order valence-electron chi connectivity index (χ0n) is 15.9. The molecule has 0 saturated carbocycles. The smallest absolute Gasteiger partial charge is 0.274 e. The third-order valence-electron chi connectivity index (χ3n) is 4.33. The number of aromatic nitrogens is 2. The molecule has 0 aliphatic rings. The fraction of sp³-hybridized carbons (Fsp3) is 0. The minimum absolute atomic E-state index is 0.190. The van der Waals surface area contributed by atoms with E-state index in [1.54, 1.807) is 30.3 Å². The average Bonchev–Trinajstić information content (AvgIpc) is 2.80. The number of hydrogen-bond acceptors (Lipinski definition) is 5. The molecule has 1 heterocycles. The van der Waals surface area contributed by atoms with E-state index in [1.807, 2.05) is 60.7 Å². The number of carbonyl (C=O) groups is 1. The first kappa shape index (κ1) is 18.8. The summed E-state index contributed by atoms with van der Waals surface area (Å²) >= 11 is 0. The van der Waals surface area contributed by atoms with Gasteiger partial charge in [-0.25, -0.2) is 9.97 Å². The van der Waals surface area contributed by atoms with Crippen LogP contribution in [0.5, 0.6) is 0 Å². The molecule has 0 spiro atoms. The van der Waals surface area contributed by atoms with Gasteiger partial charge in [-0.2, -0.15) is 5.26 Å². The molecule has 4 rings (SSSR count). The molecule has 30 heavy (non-hydrogen) atoms. The molecule has 1 amide bonds. The Hall–Kier alpha value is -4.50. The highest BCUT2D eigenvalue weighted by Gasteiger charge is 2.15. The van der Waals surface area contributed by atoms with Crippen molar-refractivity contribution in [2.45, 2.75) is 0 Å². The van der Waals surface area contributed by atoms with Gasteiger partial charge in [-0.3, -0.25) is 4.79 Å². The van der Waals surface area contributed by atoms with E-state index in [4.69, 9.17) is 0 Å². The first-order valence-electron chi connectivity index (χ1n) is 9.30. The summed E-state index contributed by atoms with van der Waals surface area (Å²) in [6.07, 6.45) is 0. The molecule has 3 aromatic carbocycles. The van der Waals surface area contributed by atoms with Gasteiger partial charge in [0.2, 0.25) is 0 Å². The third-order valence-corrected chi connectivity index (χ3v) is 4.33. The van der Waals surface area contributed by atoms with E-state index >= 15 is 0 Å². The Morgan fingerprint density at radius 3 is 2.23 bits per heavy atom. The van der Waals surface area contributed by atoms with Crippen LogP contribution in [0.25, 0.3) is 11.4 Å². The van der Waals surface area contributed by atoms with E-state index < -0.39 is 5.91 Å². The van der Waals surface area contributed by atoms with Crippen LogP contribution < -0.4 is 10.6 Å².